The Morgan fingerprint density at radius 3 is 2.56 bits per heavy atom. The van der Waals surface area contributed by atoms with E-state index in [1.54, 1.807) is 0 Å². The van der Waals surface area contributed by atoms with Crippen LogP contribution in [0.2, 0.25) is 0 Å². The number of amides is 1. The molecule has 5 nitrogen and oxygen atoms in total. The summed E-state index contributed by atoms with van der Waals surface area (Å²) in [6.07, 6.45) is 4.57. The first-order valence-electron chi connectivity index (χ1n) is 8.53. The van der Waals surface area contributed by atoms with Crippen LogP contribution < -0.4 is 11.5 Å². The highest BCUT2D eigenvalue weighted by atomic mass is 32.2. The smallest absolute Gasteiger partial charge is 0.228 e. The van der Waals surface area contributed by atoms with Gasteiger partial charge in [-0.05, 0) is 18.4 Å². The summed E-state index contributed by atoms with van der Waals surface area (Å²) < 4.78 is 0. The van der Waals surface area contributed by atoms with Crippen molar-refractivity contribution in [1.82, 2.24) is 0 Å². The van der Waals surface area contributed by atoms with Crippen molar-refractivity contribution in [3.05, 3.63) is 47.3 Å². The van der Waals surface area contributed by atoms with Crippen LogP contribution in [0.25, 0.3) is 0 Å². The molecule has 0 radical (unpaired) electrons. The van der Waals surface area contributed by atoms with E-state index in [0.29, 0.717) is 16.4 Å². The maximum atomic E-state index is 12.4. The Balaban J connectivity index is 1.97. The van der Waals surface area contributed by atoms with Gasteiger partial charge in [0.15, 0.2) is 0 Å². The molecule has 25 heavy (non-hydrogen) atoms. The Bertz CT molecular complexity index is 757. The molecule has 1 spiro atoms. The Hall–Kier alpha value is -2.26. The molecule has 1 aromatic rings. The third-order valence-corrected chi connectivity index (χ3v) is 6.26. The van der Waals surface area contributed by atoms with Gasteiger partial charge in [-0.25, -0.2) is 4.99 Å². The van der Waals surface area contributed by atoms with Crippen LogP contribution in [0.15, 0.2) is 46.7 Å². The second-order valence-electron chi connectivity index (χ2n) is 6.65. The highest BCUT2D eigenvalue weighted by Gasteiger charge is 2.51. The summed E-state index contributed by atoms with van der Waals surface area (Å²) in [4.78, 5) is 16.8. The zero-order valence-corrected chi connectivity index (χ0v) is 14.9. The molecule has 130 valence electrons. The van der Waals surface area contributed by atoms with E-state index in [2.05, 4.69) is 11.1 Å². The van der Waals surface area contributed by atoms with E-state index in [1.165, 1.54) is 11.8 Å². The molecule has 1 aromatic carbocycles. The molecule has 1 fully saturated rings. The van der Waals surface area contributed by atoms with Crippen LogP contribution in [0.1, 0.15) is 37.7 Å². The highest BCUT2D eigenvalue weighted by Crippen LogP contribution is 2.52. The number of nitrogens with two attached hydrogens (primary N) is 2. The number of nitrogens with zero attached hydrogens (tertiary/aromatic N) is 2. The summed E-state index contributed by atoms with van der Waals surface area (Å²) in [6, 6.07) is 12.2. The molecule has 0 saturated heterocycles. The van der Waals surface area contributed by atoms with Crippen LogP contribution in [0.4, 0.5) is 0 Å². The van der Waals surface area contributed by atoms with Crippen LogP contribution in [0.5, 0.6) is 0 Å². The fourth-order valence-corrected chi connectivity index (χ4v) is 5.18. The Kier molecular flexibility index (Phi) is 5.14. The lowest BCUT2D eigenvalue weighted by molar-refractivity contribution is -0.123. The lowest BCUT2D eigenvalue weighted by Crippen LogP contribution is -2.48. The second-order valence-corrected chi connectivity index (χ2v) is 7.64. The lowest BCUT2D eigenvalue weighted by Gasteiger charge is -2.44. The van der Waals surface area contributed by atoms with E-state index < -0.39 is 17.2 Å². The Morgan fingerprint density at radius 2 is 1.96 bits per heavy atom. The molecule has 1 saturated carbocycles. The predicted molar refractivity (Wildman–Crippen MR) is 100 cm³/mol. The largest absolute Gasteiger partial charge is 0.383 e. The van der Waals surface area contributed by atoms with Crippen molar-refractivity contribution >= 4 is 22.7 Å². The number of rotatable bonds is 3. The van der Waals surface area contributed by atoms with Crippen molar-refractivity contribution < 1.29 is 4.79 Å². The van der Waals surface area contributed by atoms with Gasteiger partial charge < -0.3 is 11.5 Å². The van der Waals surface area contributed by atoms with Crippen molar-refractivity contribution in [2.24, 2.45) is 27.8 Å². The average molecular weight is 354 g/mol. The molecule has 6 heteroatoms. The SMILES string of the molecule is N#CC1=C(N)N=C(SCc2ccccc2)[C@H](C(N)=O)C12CCCCC2. The van der Waals surface area contributed by atoms with Gasteiger partial charge in [-0.3, -0.25) is 4.79 Å². The van der Waals surface area contributed by atoms with Crippen molar-refractivity contribution in [3.63, 3.8) is 0 Å². The molecule has 2 aliphatic rings. The molecule has 0 bridgehead atoms. The summed E-state index contributed by atoms with van der Waals surface area (Å²) in [5.74, 6) is -0.0447. The van der Waals surface area contributed by atoms with Crippen LogP contribution >= 0.6 is 11.8 Å². The summed E-state index contributed by atoms with van der Waals surface area (Å²) >= 11 is 1.50. The number of benzene rings is 1. The van der Waals surface area contributed by atoms with Crippen molar-refractivity contribution in [1.29, 1.82) is 5.26 Å². The molecule has 3 rings (SSSR count). The van der Waals surface area contributed by atoms with Gasteiger partial charge in [0.05, 0.1) is 22.6 Å². The number of carbonyl (C=O) groups excluding carboxylic acids is 1. The summed E-state index contributed by atoms with van der Waals surface area (Å²) in [5.41, 5.74) is 12.9. The normalized spacial score (nSPS) is 22.4. The molecule has 0 unspecified atom stereocenters. The van der Waals surface area contributed by atoms with Crippen LogP contribution in [-0.2, 0) is 10.5 Å². The minimum absolute atomic E-state index is 0.248. The van der Waals surface area contributed by atoms with E-state index in [4.69, 9.17) is 11.5 Å². The minimum atomic E-state index is -0.580. The van der Waals surface area contributed by atoms with Crippen LogP contribution in [-0.4, -0.2) is 11.0 Å². The molecule has 4 N–H and O–H groups in total. The number of carbonyl (C=O) groups is 1. The van der Waals surface area contributed by atoms with Gasteiger partial charge in [0.25, 0.3) is 0 Å². The maximum Gasteiger partial charge on any atom is 0.228 e. The number of allylic oxidation sites excluding steroid dienone is 1. The molecule has 1 aliphatic carbocycles. The average Bonchev–Trinajstić information content (AvgIpc) is 2.61. The zero-order chi connectivity index (χ0) is 17.9. The van der Waals surface area contributed by atoms with E-state index in [0.717, 1.165) is 37.7 Å². The third-order valence-electron chi connectivity index (χ3n) is 5.16. The fourth-order valence-electron chi connectivity index (χ4n) is 4.01. The predicted octanol–water partition coefficient (Wildman–Crippen LogP) is 3.08. The first kappa shape index (κ1) is 17.6. The van der Waals surface area contributed by atoms with Gasteiger partial charge in [-0.2, -0.15) is 5.26 Å². The fraction of sp³-hybridized carbons (Fsp3) is 0.421. The first-order valence-corrected chi connectivity index (χ1v) is 9.52. The van der Waals surface area contributed by atoms with Gasteiger partial charge in [0.1, 0.15) is 5.82 Å². The second kappa shape index (κ2) is 7.32. The third kappa shape index (κ3) is 3.29. The number of primary amides is 1. The van der Waals surface area contributed by atoms with Gasteiger partial charge in [0, 0.05) is 11.2 Å². The van der Waals surface area contributed by atoms with Gasteiger partial charge in [0.2, 0.25) is 5.91 Å². The molecule has 1 aliphatic heterocycles. The standard InChI is InChI=1S/C19H22N4OS/c20-11-14-16(21)23-18(25-12-13-7-3-1-4-8-13)15(17(22)24)19(14)9-5-2-6-10-19/h1,3-4,7-8,15H,2,5-6,9-10,12,21H2,(H2,22,24)/t15-/m0/s1. The van der Waals surface area contributed by atoms with Crippen molar-refractivity contribution in [2.45, 2.75) is 37.9 Å². The molecular formula is C19H22N4OS. The number of hydrogen-bond acceptors (Lipinski definition) is 5. The highest BCUT2D eigenvalue weighted by molar-refractivity contribution is 8.13. The molecule has 1 heterocycles. The Morgan fingerprint density at radius 1 is 1.28 bits per heavy atom. The zero-order valence-electron chi connectivity index (χ0n) is 14.1. The summed E-state index contributed by atoms with van der Waals surface area (Å²) in [7, 11) is 0. The number of nitriles is 1. The van der Waals surface area contributed by atoms with Gasteiger partial charge in [-0.1, -0.05) is 49.6 Å². The molecule has 0 aromatic heterocycles. The van der Waals surface area contributed by atoms with E-state index in [-0.39, 0.29) is 5.82 Å². The topological polar surface area (TPSA) is 105 Å². The van der Waals surface area contributed by atoms with Gasteiger partial charge >= 0.3 is 0 Å². The summed E-state index contributed by atoms with van der Waals surface area (Å²) in [6.45, 7) is 0. The van der Waals surface area contributed by atoms with E-state index in [9.17, 15) is 10.1 Å². The number of aliphatic imine (C=N–C) groups is 1. The van der Waals surface area contributed by atoms with E-state index >= 15 is 0 Å². The molecule has 1 atom stereocenters. The molecule has 1 amide bonds. The minimum Gasteiger partial charge on any atom is -0.383 e. The summed E-state index contributed by atoms with van der Waals surface area (Å²) in [5, 5.41) is 10.3. The quantitative estimate of drug-likeness (QED) is 0.870. The monoisotopic (exact) mass is 354 g/mol. The lowest BCUT2D eigenvalue weighted by atomic mass is 9.61. The van der Waals surface area contributed by atoms with Crippen LogP contribution in [0.3, 0.4) is 0 Å². The van der Waals surface area contributed by atoms with Crippen LogP contribution in [0, 0.1) is 22.7 Å². The van der Waals surface area contributed by atoms with E-state index in [1.807, 2.05) is 30.3 Å². The Labute approximate surface area is 152 Å². The van der Waals surface area contributed by atoms with Gasteiger partial charge in [-0.15, -0.1) is 11.8 Å². The number of hydrogen-bond donors (Lipinski definition) is 2. The maximum absolute atomic E-state index is 12.4. The molecular weight excluding hydrogens is 332 g/mol. The first-order chi connectivity index (χ1) is 12.1. The number of thioether (sulfide) groups is 1. The van der Waals surface area contributed by atoms with Crippen molar-refractivity contribution in [2.75, 3.05) is 0 Å². The van der Waals surface area contributed by atoms with Crippen molar-refractivity contribution in [3.8, 4) is 6.07 Å².